The van der Waals surface area contributed by atoms with Crippen LogP contribution in [0.5, 0.6) is 17.2 Å². The SMILES string of the molecule is CCNC(=NCc1cc(OC)c(OC)c(OC)c1)NCCCN(C)Cc1ccccc1. The summed E-state index contributed by atoms with van der Waals surface area (Å²) in [7, 11) is 6.98. The predicted octanol–water partition coefficient (Wildman–Crippen LogP) is 3.29. The Hall–Kier alpha value is -2.93. The van der Waals surface area contributed by atoms with Crippen molar-refractivity contribution in [3.63, 3.8) is 0 Å². The Morgan fingerprint density at radius 3 is 2.19 bits per heavy atom. The highest BCUT2D eigenvalue weighted by Crippen LogP contribution is 2.38. The van der Waals surface area contributed by atoms with Crippen LogP contribution in [-0.2, 0) is 13.1 Å². The van der Waals surface area contributed by atoms with E-state index in [4.69, 9.17) is 19.2 Å². The van der Waals surface area contributed by atoms with E-state index in [2.05, 4.69) is 53.8 Å². The number of hydrogen-bond donors (Lipinski definition) is 2. The van der Waals surface area contributed by atoms with Crippen LogP contribution in [0.15, 0.2) is 47.5 Å². The smallest absolute Gasteiger partial charge is 0.203 e. The minimum Gasteiger partial charge on any atom is -0.493 e. The van der Waals surface area contributed by atoms with Crippen molar-refractivity contribution < 1.29 is 14.2 Å². The van der Waals surface area contributed by atoms with Gasteiger partial charge in [0.1, 0.15) is 0 Å². The molecule has 2 N–H and O–H groups in total. The molecule has 0 bridgehead atoms. The highest BCUT2D eigenvalue weighted by molar-refractivity contribution is 5.79. The number of benzene rings is 2. The van der Waals surface area contributed by atoms with Gasteiger partial charge in [-0.05, 0) is 50.2 Å². The zero-order valence-corrected chi connectivity index (χ0v) is 19.4. The molecular weight excluding hydrogens is 392 g/mol. The third-order valence-electron chi connectivity index (χ3n) is 4.79. The summed E-state index contributed by atoms with van der Waals surface area (Å²) in [6.45, 7) is 6.17. The van der Waals surface area contributed by atoms with Crippen molar-refractivity contribution in [2.45, 2.75) is 26.4 Å². The van der Waals surface area contributed by atoms with Crippen molar-refractivity contribution in [1.82, 2.24) is 15.5 Å². The van der Waals surface area contributed by atoms with E-state index in [1.54, 1.807) is 21.3 Å². The van der Waals surface area contributed by atoms with Crippen molar-refractivity contribution in [2.75, 3.05) is 48.0 Å². The number of ether oxygens (including phenoxy) is 3. The third-order valence-corrected chi connectivity index (χ3v) is 4.79. The molecule has 2 rings (SSSR count). The second-order valence-corrected chi connectivity index (χ2v) is 7.23. The van der Waals surface area contributed by atoms with Crippen LogP contribution in [0.25, 0.3) is 0 Å². The van der Waals surface area contributed by atoms with Crippen molar-refractivity contribution in [1.29, 1.82) is 0 Å². The molecule has 170 valence electrons. The lowest BCUT2D eigenvalue weighted by atomic mass is 10.2. The zero-order chi connectivity index (χ0) is 22.5. The summed E-state index contributed by atoms with van der Waals surface area (Å²) in [6, 6.07) is 14.4. The van der Waals surface area contributed by atoms with Gasteiger partial charge in [-0.1, -0.05) is 30.3 Å². The minimum atomic E-state index is 0.500. The summed E-state index contributed by atoms with van der Waals surface area (Å²) in [6.07, 6.45) is 1.03. The maximum absolute atomic E-state index is 5.43. The van der Waals surface area contributed by atoms with Gasteiger partial charge in [-0.3, -0.25) is 0 Å². The Morgan fingerprint density at radius 2 is 1.61 bits per heavy atom. The molecule has 2 aromatic carbocycles. The molecule has 0 aliphatic heterocycles. The highest BCUT2D eigenvalue weighted by Gasteiger charge is 2.13. The lowest BCUT2D eigenvalue weighted by Gasteiger charge is -2.17. The monoisotopic (exact) mass is 428 g/mol. The number of hydrogen-bond acceptors (Lipinski definition) is 5. The topological polar surface area (TPSA) is 67.4 Å². The maximum atomic E-state index is 5.43. The van der Waals surface area contributed by atoms with Gasteiger partial charge in [-0.2, -0.15) is 0 Å². The molecule has 31 heavy (non-hydrogen) atoms. The fourth-order valence-electron chi connectivity index (χ4n) is 3.27. The third kappa shape index (κ3) is 8.02. The molecule has 0 saturated carbocycles. The van der Waals surface area contributed by atoms with Gasteiger partial charge in [-0.15, -0.1) is 0 Å². The first kappa shape index (κ1) is 24.3. The number of aliphatic imine (C=N–C) groups is 1. The molecule has 0 aliphatic rings. The highest BCUT2D eigenvalue weighted by atomic mass is 16.5. The molecule has 7 nitrogen and oxygen atoms in total. The van der Waals surface area contributed by atoms with Crippen LogP contribution in [0.4, 0.5) is 0 Å². The lowest BCUT2D eigenvalue weighted by Crippen LogP contribution is -2.38. The van der Waals surface area contributed by atoms with Crippen LogP contribution < -0.4 is 24.8 Å². The zero-order valence-electron chi connectivity index (χ0n) is 19.4. The molecule has 0 spiro atoms. The van der Waals surface area contributed by atoms with Crippen molar-refractivity contribution in [3.05, 3.63) is 53.6 Å². The summed E-state index contributed by atoms with van der Waals surface area (Å²) in [5, 5.41) is 6.71. The summed E-state index contributed by atoms with van der Waals surface area (Å²) in [4.78, 5) is 7.03. The van der Waals surface area contributed by atoms with Gasteiger partial charge >= 0.3 is 0 Å². The van der Waals surface area contributed by atoms with Gasteiger partial charge in [0, 0.05) is 19.6 Å². The molecule has 0 fully saturated rings. The van der Waals surface area contributed by atoms with Crippen LogP contribution >= 0.6 is 0 Å². The quantitative estimate of drug-likeness (QED) is 0.307. The van der Waals surface area contributed by atoms with E-state index in [1.165, 1.54) is 5.56 Å². The second-order valence-electron chi connectivity index (χ2n) is 7.23. The van der Waals surface area contributed by atoms with E-state index in [0.29, 0.717) is 23.8 Å². The Bertz CT molecular complexity index is 787. The molecule has 0 aromatic heterocycles. The summed E-state index contributed by atoms with van der Waals surface area (Å²) in [5.74, 6) is 2.64. The summed E-state index contributed by atoms with van der Waals surface area (Å²) >= 11 is 0. The summed E-state index contributed by atoms with van der Waals surface area (Å²) < 4.78 is 16.2. The average Bonchev–Trinajstić information content (AvgIpc) is 2.79. The van der Waals surface area contributed by atoms with Crippen LogP contribution in [0.3, 0.4) is 0 Å². The Morgan fingerprint density at radius 1 is 0.935 bits per heavy atom. The van der Waals surface area contributed by atoms with E-state index in [0.717, 1.165) is 44.1 Å². The normalized spacial score (nSPS) is 11.4. The standard InChI is InChI=1S/C24H36N4O3/c1-6-25-24(26-13-10-14-28(2)18-19-11-8-7-9-12-19)27-17-20-15-21(29-3)23(31-5)22(16-20)30-4/h7-9,11-12,15-16H,6,10,13-14,17-18H2,1-5H3,(H2,25,26,27). The molecular formula is C24H36N4O3. The van der Waals surface area contributed by atoms with Crippen molar-refractivity contribution in [3.8, 4) is 17.2 Å². The largest absolute Gasteiger partial charge is 0.493 e. The predicted molar refractivity (Wildman–Crippen MR) is 126 cm³/mol. The first-order chi connectivity index (χ1) is 15.1. The molecule has 0 heterocycles. The fourth-order valence-corrected chi connectivity index (χ4v) is 3.27. The average molecular weight is 429 g/mol. The van der Waals surface area contributed by atoms with Gasteiger partial charge < -0.3 is 29.7 Å². The Balaban J connectivity index is 1.88. The molecule has 0 unspecified atom stereocenters. The van der Waals surface area contributed by atoms with Crippen LogP contribution in [0.2, 0.25) is 0 Å². The van der Waals surface area contributed by atoms with Gasteiger partial charge in [-0.25, -0.2) is 4.99 Å². The molecule has 7 heteroatoms. The molecule has 0 saturated heterocycles. The van der Waals surface area contributed by atoms with E-state index in [1.807, 2.05) is 18.2 Å². The first-order valence-corrected chi connectivity index (χ1v) is 10.6. The maximum Gasteiger partial charge on any atom is 0.203 e. The van der Waals surface area contributed by atoms with Crippen LogP contribution in [-0.4, -0.2) is 58.9 Å². The van der Waals surface area contributed by atoms with Crippen LogP contribution in [0, 0.1) is 0 Å². The summed E-state index contributed by atoms with van der Waals surface area (Å²) in [5.41, 5.74) is 2.31. The number of guanidine groups is 1. The Kier molecular flexibility index (Phi) is 10.5. The lowest BCUT2D eigenvalue weighted by molar-refractivity contribution is 0.322. The van der Waals surface area contributed by atoms with Gasteiger partial charge in [0.05, 0.1) is 27.9 Å². The molecule has 0 radical (unpaired) electrons. The van der Waals surface area contributed by atoms with Crippen LogP contribution in [0.1, 0.15) is 24.5 Å². The van der Waals surface area contributed by atoms with Gasteiger partial charge in [0.25, 0.3) is 0 Å². The minimum absolute atomic E-state index is 0.500. The van der Waals surface area contributed by atoms with E-state index < -0.39 is 0 Å². The van der Waals surface area contributed by atoms with Gasteiger partial charge in [0.15, 0.2) is 17.5 Å². The van der Waals surface area contributed by atoms with Crippen molar-refractivity contribution in [2.24, 2.45) is 4.99 Å². The molecule has 0 aliphatic carbocycles. The second kappa shape index (κ2) is 13.4. The van der Waals surface area contributed by atoms with Gasteiger partial charge in [0.2, 0.25) is 5.75 Å². The number of methoxy groups -OCH3 is 3. The molecule has 0 atom stereocenters. The number of rotatable bonds is 12. The van der Waals surface area contributed by atoms with E-state index in [-0.39, 0.29) is 0 Å². The first-order valence-electron chi connectivity index (χ1n) is 10.6. The molecule has 2 aromatic rings. The fraction of sp³-hybridized carbons (Fsp3) is 0.458. The Labute approximate surface area is 186 Å². The molecule has 0 amide bonds. The number of nitrogens with zero attached hydrogens (tertiary/aromatic N) is 2. The van der Waals surface area contributed by atoms with Crippen molar-refractivity contribution >= 4 is 5.96 Å². The number of nitrogens with one attached hydrogen (secondary N) is 2. The van der Waals surface area contributed by atoms with E-state index >= 15 is 0 Å². The van der Waals surface area contributed by atoms with E-state index in [9.17, 15) is 0 Å².